The molecule has 2 saturated heterocycles. The van der Waals surface area contributed by atoms with Crippen LogP contribution >= 0.6 is 0 Å². The summed E-state index contributed by atoms with van der Waals surface area (Å²) in [4.78, 5) is 37.2. The van der Waals surface area contributed by atoms with Crippen LogP contribution in [0.3, 0.4) is 0 Å². The number of aliphatic carboxylic acids is 1. The number of carbonyl (C=O) groups excluding carboxylic acids is 2. The van der Waals surface area contributed by atoms with E-state index < -0.39 is 24.1 Å². The molecule has 106 valence electrons. The molecule has 0 saturated carbocycles. The Kier molecular flexibility index (Phi) is 3.89. The van der Waals surface area contributed by atoms with E-state index in [1.807, 2.05) is 0 Å². The second-order valence-electron chi connectivity index (χ2n) is 4.80. The van der Waals surface area contributed by atoms with Crippen LogP contribution in [-0.2, 0) is 9.59 Å². The van der Waals surface area contributed by atoms with Gasteiger partial charge in [0.15, 0.2) is 0 Å². The number of likely N-dealkylation sites (tertiary alicyclic amines) is 1. The van der Waals surface area contributed by atoms with Crippen LogP contribution in [0.25, 0.3) is 0 Å². The number of aliphatic hydroxyl groups excluding tert-OH is 1. The Hall–Kier alpha value is -1.83. The van der Waals surface area contributed by atoms with Crippen LogP contribution in [-0.4, -0.2) is 76.2 Å². The normalized spacial score (nSPS) is 27.9. The number of urea groups is 1. The van der Waals surface area contributed by atoms with E-state index in [9.17, 15) is 19.5 Å². The first-order valence-corrected chi connectivity index (χ1v) is 6.22. The summed E-state index contributed by atoms with van der Waals surface area (Å²) < 4.78 is 0. The molecule has 2 rings (SSSR count). The standard InChI is InChI=1S/C11H17N3O5/c15-7-4-8(10(17)18)14(5-7)11(19)13-3-1-2-12-9(16)6-13/h7-8,15H,1-6H2,(H,12,16)(H,17,18)/t7?,8-/m0/s1. The number of carbonyl (C=O) groups is 3. The molecule has 0 spiro atoms. The van der Waals surface area contributed by atoms with Gasteiger partial charge in [0.1, 0.15) is 12.6 Å². The second-order valence-corrected chi connectivity index (χ2v) is 4.80. The quantitative estimate of drug-likeness (QED) is 0.534. The largest absolute Gasteiger partial charge is 0.480 e. The van der Waals surface area contributed by atoms with Crippen LogP contribution in [0.1, 0.15) is 12.8 Å². The Morgan fingerprint density at radius 3 is 2.79 bits per heavy atom. The molecule has 8 nitrogen and oxygen atoms in total. The van der Waals surface area contributed by atoms with Gasteiger partial charge in [-0.25, -0.2) is 9.59 Å². The molecule has 0 radical (unpaired) electrons. The highest BCUT2D eigenvalue weighted by atomic mass is 16.4. The van der Waals surface area contributed by atoms with Gasteiger partial charge >= 0.3 is 12.0 Å². The van der Waals surface area contributed by atoms with Crippen molar-refractivity contribution in [2.45, 2.75) is 25.0 Å². The predicted octanol–water partition coefficient (Wildman–Crippen LogP) is -1.55. The van der Waals surface area contributed by atoms with Crippen molar-refractivity contribution < 1.29 is 24.6 Å². The Morgan fingerprint density at radius 2 is 2.11 bits per heavy atom. The van der Waals surface area contributed by atoms with Crippen LogP contribution in [0.5, 0.6) is 0 Å². The molecule has 0 bridgehead atoms. The number of amides is 3. The van der Waals surface area contributed by atoms with Gasteiger partial charge in [-0.1, -0.05) is 0 Å². The van der Waals surface area contributed by atoms with Crippen LogP contribution in [0.2, 0.25) is 0 Å². The van der Waals surface area contributed by atoms with Crippen LogP contribution < -0.4 is 5.32 Å². The maximum absolute atomic E-state index is 12.3. The fourth-order valence-electron chi connectivity index (χ4n) is 2.41. The Bertz CT molecular complexity index is 400. The van der Waals surface area contributed by atoms with Gasteiger partial charge in [-0.05, 0) is 6.42 Å². The van der Waals surface area contributed by atoms with Gasteiger partial charge in [0.2, 0.25) is 5.91 Å². The molecule has 2 atom stereocenters. The van der Waals surface area contributed by atoms with Gasteiger partial charge in [-0.15, -0.1) is 0 Å². The van der Waals surface area contributed by atoms with E-state index in [0.29, 0.717) is 19.5 Å². The monoisotopic (exact) mass is 271 g/mol. The third kappa shape index (κ3) is 2.95. The van der Waals surface area contributed by atoms with E-state index in [-0.39, 0.29) is 25.4 Å². The van der Waals surface area contributed by atoms with E-state index in [2.05, 4.69) is 5.32 Å². The topological polar surface area (TPSA) is 110 Å². The second kappa shape index (κ2) is 5.43. The lowest BCUT2D eigenvalue weighted by Crippen LogP contribution is -2.49. The summed E-state index contributed by atoms with van der Waals surface area (Å²) >= 11 is 0. The summed E-state index contributed by atoms with van der Waals surface area (Å²) in [5.74, 6) is -1.39. The number of hydrogen-bond donors (Lipinski definition) is 3. The minimum Gasteiger partial charge on any atom is -0.480 e. The minimum absolute atomic E-state index is 0.00603. The average Bonchev–Trinajstić information content (AvgIpc) is 2.61. The number of rotatable bonds is 1. The molecule has 8 heteroatoms. The van der Waals surface area contributed by atoms with Crippen LogP contribution in [0, 0.1) is 0 Å². The third-order valence-electron chi connectivity index (χ3n) is 3.34. The highest BCUT2D eigenvalue weighted by Crippen LogP contribution is 2.20. The molecule has 3 amide bonds. The fourth-order valence-corrected chi connectivity index (χ4v) is 2.41. The van der Waals surface area contributed by atoms with Crippen molar-refractivity contribution in [1.29, 1.82) is 0 Å². The van der Waals surface area contributed by atoms with Gasteiger partial charge in [-0.2, -0.15) is 0 Å². The van der Waals surface area contributed by atoms with Crippen molar-refractivity contribution in [2.24, 2.45) is 0 Å². The van der Waals surface area contributed by atoms with E-state index in [0.717, 1.165) is 4.90 Å². The molecule has 2 fully saturated rings. The maximum Gasteiger partial charge on any atom is 0.326 e. The van der Waals surface area contributed by atoms with Crippen molar-refractivity contribution in [3.8, 4) is 0 Å². The molecule has 0 aromatic carbocycles. The zero-order chi connectivity index (χ0) is 14.0. The summed E-state index contributed by atoms with van der Waals surface area (Å²) in [6, 6.07) is -1.52. The van der Waals surface area contributed by atoms with Crippen molar-refractivity contribution in [2.75, 3.05) is 26.2 Å². The lowest BCUT2D eigenvalue weighted by Gasteiger charge is -2.28. The van der Waals surface area contributed by atoms with E-state index in [1.165, 1.54) is 4.90 Å². The van der Waals surface area contributed by atoms with Crippen molar-refractivity contribution in [1.82, 2.24) is 15.1 Å². The molecular weight excluding hydrogens is 254 g/mol. The predicted molar refractivity (Wildman–Crippen MR) is 63.3 cm³/mol. The van der Waals surface area contributed by atoms with E-state index in [1.54, 1.807) is 0 Å². The van der Waals surface area contributed by atoms with Gasteiger partial charge in [0.05, 0.1) is 6.10 Å². The van der Waals surface area contributed by atoms with Gasteiger partial charge < -0.3 is 25.3 Å². The molecule has 19 heavy (non-hydrogen) atoms. The Labute approximate surface area is 110 Å². The smallest absolute Gasteiger partial charge is 0.326 e. The number of nitrogens with zero attached hydrogens (tertiary/aromatic N) is 2. The van der Waals surface area contributed by atoms with Crippen molar-refractivity contribution in [3.05, 3.63) is 0 Å². The minimum atomic E-state index is -1.14. The SMILES string of the molecule is O=C1CN(C(=O)N2CC(O)C[C@H]2C(=O)O)CCCN1. The number of carboxylic acid groups (broad SMARTS) is 1. The summed E-state index contributed by atoms with van der Waals surface area (Å²) in [7, 11) is 0. The zero-order valence-electron chi connectivity index (χ0n) is 10.4. The first kappa shape index (κ1) is 13.6. The molecule has 1 unspecified atom stereocenters. The highest BCUT2D eigenvalue weighted by molar-refractivity contribution is 5.87. The van der Waals surface area contributed by atoms with Crippen LogP contribution in [0.4, 0.5) is 4.79 Å². The molecule has 3 N–H and O–H groups in total. The highest BCUT2D eigenvalue weighted by Gasteiger charge is 2.41. The molecule has 0 aromatic rings. The van der Waals surface area contributed by atoms with Gasteiger partial charge in [0.25, 0.3) is 0 Å². The Balaban J connectivity index is 2.09. The van der Waals surface area contributed by atoms with Crippen molar-refractivity contribution >= 4 is 17.9 Å². The molecule has 0 aromatic heterocycles. The molecule has 2 aliphatic rings. The van der Waals surface area contributed by atoms with Crippen LogP contribution in [0.15, 0.2) is 0 Å². The summed E-state index contributed by atoms with van der Waals surface area (Å²) in [6.07, 6.45) is -0.168. The first-order chi connectivity index (χ1) is 8.99. The number of β-amino-alcohol motifs (C(OH)–C–C–N with tert-alkyl or cyclic N) is 1. The maximum atomic E-state index is 12.3. The van der Waals surface area contributed by atoms with Gasteiger partial charge in [-0.3, -0.25) is 4.79 Å². The molecule has 2 heterocycles. The third-order valence-corrected chi connectivity index (χ3v) is 3.34. The number of nitrogens with one attached hydrogen (secondary N) is 1. The molecule has 2 aliphatic heterocycles. The lowest BCUT2D eigenvalue weighted by molar-refractivity contribution is -0.141. The van der Waals surface area contributed by atoms with E-state index in [4.69, 9.17) is 5.11 Å². The fraction of sp³-hybridized carbons (Fsp3) is 0.727. The number of carboxylic acids is 1. The number of aliphatic hydroxyl groups is 1. The Morgan fingerprint density at radius 1 is 1.37 bits per heavy atom. The van der Waals surface area contributed by atoms with Crippen molar-refractivity contribution in [3.63, 3.8) is 0 Å². The zero-order valence-corrected chi connectivity index (χ0v) is 10.4. The molecule has 0 aliphatic carbocycles. The number of hydrogen-bond acceptors (Lipinski definition) is 4. The summed E-state index contributed by atoms with van der Waals surface area (Å²) in [5, 5.41) is 21.2. The van der Waals surface area contributed by atoms with E-state index >= 15 is 0 Å². The first-order valence-electron chi connectivity index (χ1n) is 6.22. The summed E-state index contributed by atoms with van der Waals surface area (Å²) in [6.45, 7) is 0.829. The van der Waals surface area contributed by atoms with Gasteiger partial charge in [0, 0.05) is 26.1 Å². The molecular formula is C11H17N3O5. The lowest BCUT2D eigenvalue weighted by atomic mass is 10.2. The average molecular weight is 271 g/mol. The summed E-state index contributed by atoms with van der Waals surface area (Å²) in [5.41, 5.74) is 0.